The summed E-state index contributed by atoms with van der Waals surface area (Å²) in [5, 5.41) is 10.6. The van der Waals surface area contributed by atoms with Gasteiger partial charge in [0, 0.05) is 25.7 Å². The van der Waals surface area contributed by atoms with Gasteiger partial charge in [-0.1, -0.05) is 395 Å². The van der Waals surface area contributed by atoms with E-state index in [1.54, 1.807) is 0 Å². The lowest BCUT2D eigenvalue weighted by molar-refractivity contribution is -0.161. The van der Waals surface area contributed by atoms with E-state index in [9.17, 15) is 43.2 Å². The van der Waals surface area contributed by atoms with Crippen LogP contribution in [0.1, 0.15) is 446 Å². The highest BCUT2D eigenvalue weighted by molar-refractivity contribution is 7.47. The van der Waals surface area contributed by atoms with E-state index >= 15 is 0 Å². The fourth-order valence-corrected chi connectivity index (χ4v) is 14.6. The molecule has 0 aliphatic rings. The maximum absolute atomic E-state index is 13.1. The first-order valence-corrected chi connectivity index (χ1v) is 46.5. The topological polar surface area (TPSA) is 237 Å². The molecule has 0 saturated heterocycles. The van der Waals surface area contributed by atoms with Gasteiger partial charge in [-0.25, -0.2) is 9.13 Å². The second-order valence-electron chi connectivity index (χ2n) is 31.2. The van der Waals surface area contributed by atoms with Gasteiger partial charge in [0.2, 0.25) is 0 Å². The van der Waals surface area contributed by atoms with E-state index in [0.717, 1.165) is 108 Å². The van der Waals surface area contributed by atoms with Gasteiger partial charge in [-0.2, -0.15) is 0 Å². The van der Waals surface area contributed by atoms with Gasteiger partial charge in [-0.15, -0.1) is 0 Å². The number of rotatable bonds is 83. The number of unbranched alkanes of at least 4 members (excludes halogenated alkanes) is 53. The zero-order chi connectivity index (χ0) is 75.6. The Morgan fingerprint density at radius 3 is 0.660 bits per heavy atom. The number of aliphatic hydroxyl groups is 1. The van der Waals surface area contributed by atoms with Gasteiger partial charge >= 0.3 is 39.5 Å². The Balaban J connectivity index is 5.19. The number of esters is 4. The number of carbonyl (C=O) groups is 4. The van der Waals surface area contributed by atoms with Crippen LogP contribution in [-0.4, -0.2) is 96.7 Å². The van der Waals surface area contributed by atoms with Gasteiger partial charge in [0.1, 0.15) is 19.3 Å². The second kappa shape index (κ2) is 75.5. The number of aliphatic hydroxyl groups excluding tert-OH is 1. The Morgan fingerprint density at radius 1 is 0.262 bits per heavy atom. The summed E-state index contributed by atoms with van der Waals surface area (Å²) in [4.78, 5) is 73.0. The van der Waals surface area contributed by atoms with E-state index in [0.29, 0.717) is 25.7 Å². The average Bonchev–Trinajstić information content (AvgIpc) is 0.911. The minimum absolute atomic E-state index is 0.107. The summed E-state index contributed by atoms with van der Waals surface area (Å²) in [6.07, 6.45) is 66.8. The summed E-state index contributed by atoms with van der Waals surface area (Å²) < 4.78 is 68.7. The number of phosphoric ester groups is 2. The molecule has 0 radical (unpaired) electrons. The molecule has 17 nitrogen and oxygen atoms in total. The molecule has 5 atom stereocenters. The largest absolute Gasteiger partial charge is 0.472 e. The van der Waals surface area contributed by atoms with Crippen LogP contribution in [0.25, 0.3) is 0 Å². The molecule has 0 spiro atoms. The maximum Gasteiger partial charge on any atom is 0.472 e. The van der Waals surface area contributed by atoms with Crippen molar-refractivity contribution in [2.75, 3.05) is 39.6 Å². The molecule has 0 fully saturated rings. The molecule has 103 heavy (non-hydrogen) atoms. The number of hydrogen-bond acceptors (Lipinski definition) is 15. The van der Waals surface area contributed by atoms with Crippen LogP contribution in [0.15, 0.2) is 0 Å². The van der Waals surface area contributed by atoms with E-state index in [1.807, 2.05) is 0 Å². The smallest absolute Gasteiger partial charge is 0.462 e. The van der Waals surface area contributed by atoms with Crippen LogP contribution in [-0.2, 0) is 65.4 Å². The van der Waals surface area contributed by atoms with Crippen LogP contribution < -0.4 is 0 Å². The number of phosphoric acid groups is 2. The molecule has 0 aliphatic heterocycles. The highest BCUT2D eigenvalue weighted by Gasteiger charge is 2.30. The summed E-state index contributed by atoms with van der Waals surface area (Å²) in [6, 6.07) is 0. The number of hydrogen-bond donors (Lipinski definition) is 3. The van der Waals surface area contributed by atoms with Gasteiger partial charge in [-0.05, 0) is 37.5 Å². The molecular weight excluding hydrogens is 1340 g/mol. The SMILES string of the molecule is CCCCCCCCCCCCCCCCCCCCCCCC(=O)O[C@H](COC(=O)CCCCCCCCCCCCCCCCCCC(C)C)COP(=O)(O)OC[C@@H](O)COP(=O)(O)OC[C@@H](COC(=O)CCCCCCCCCC)OC(=O)CCCCCCCCCCCCCCC(C)C. The third-order valence-corrected chi connectivity index (χ3v) is 21.6. The molecule has 0 aromatic heterocycles. The molecule has 0 aromatic rings. The van der Waals surface area contributed by atoms with Crippen LogP contribution >= 0.6 is 15.6 Å². The van der Waals surface area contributed by atoms with Gasteiger partial charge in [0.25, 0.3) is 0 Å². The predicted octanol–water partition coefficient (Wildman–Crippen LogP) is 25.5. The van der Waals surface area contributed by atoms with Crippen molar-refractivity contribution in [1.29, 1.82) is 0 Å². The fraction of sp³-hybridized carbons (Fsp3) is 0.952. The Morgan fingerprint density at radius 2 is 0.447 bits per heavy atom. The van der Waals surface area contributed by atoms with Crippen molar-refractivity contribution in [2.24, 2.45) is 11.8 Å². The molecule has 3 N–H and O–H groups in total. The first-order chi connectivity index (χ1) is 49.9. The van der Waals surface area contributed by atoms with Crippen LogP contribution in [0.2, 0.25) is 0 Å². The molecule has 19 heteroatoms. The van der Waals surface area contributed by atoms with E-state index in [4.69, 9.17) is 37.0 Å². The van der Waals surface area contributed by atoms with Gasteiger partial charge in [0.05, 0.1) is 26.4 Å². The lowest BCUT2D eigenvalue weighted by Gasteiger charge is -2.21. The highest BCUT2D eigenvalue weighted by Crippen LogP contribution is 2.45. The Kier molecular flexibility index (Phi) is 74.1. The monoisotopic (exact) mass is 1510 g/mol. The number of carbonyl (C=O) groups excluding carboxylic acids is 4. The Hall–Kier alpha value is -1.94. The quantitative estimate of drug-likeness (QED) is 0.0222. The molecule has 0 saturated carbocycles. The third kappa shape index (κ3) is 78.0. The van der Waals surface area contributed by atoms with Crippen LogP contribution in [0.5, 0.6) is 0 Å². The van der Waals surface area contributed by atoms with Crippen LogP contribution in [0.3, 0.4) is 0 Å². The molecule has 612 valence electrons. The van der Waals surface area contributed by atoms with E-state index in [1.165, 1.54) is 257 Å². The third-order valence-electron chi connectivity index (χ3n) is 19.7. The van der Waals surface area contributed by atoms with Gasteiger partial charge in [0.15, 0.2) is 12.2 Å². The lowest BCUT2D eigenvalue weighted by atomic mass is 10.0. The van der Waals surface area contributed by atoms with Crippen molar-refractivity contribution >= 4 is 39.5 Å². The van der Waals surface area contributed by atoms with Crippen LogP contribution in [0, 0.1) is 11.8 Å². The van der Waals surface area contributed by atoms with Gasteiger partial charge < -0.3 is 33.8 Å². The predicted molar refractivity (Wildman–Crippen MR) is 423 cm³/mol. The van der Waals surface area contributed by atoms with Crippen molar-refractivity contribution in [3.8, 4) is 0 Å². The van der Waals surface area contributed by atoms with Crippen molar-refractivity contribution in [2.45, 2.75) is 464 Å². The molecule has 0 heterocycles. The Labute approximate surface area is 632 Å². The minimum atomic E-state index is -4.96. The van der Waals surface area contributed by atoms with Gasteiger partial charge in [-0.3, -0.25) is 37.3 Å². The molecule has 0 aromatic carbocycles. The van der Waals surface area contributed by atoms with Crippen molar-refractivity contribution in [3.05, 3.63) is 0 Å². The summed E-state index contributed by atoms with van der Waals surface area (Å²) in [5.41, 5.74) is 0. The molecule has 0 rings (SSSR count). The van der Waals surface area contributed by atoms with Crippen LogP contribution in [0.4, 0.5) is 0 Å². The first kappa shape index (κ1) is 101. The molecular formula is C84H164O17P2. The summed E-state index contributed by atoms with van der Waals surface area (Å²) in [6.45, 7) is 9.67. The average molecular weight is 1510 g/mol. The van der Waals surface area contributed by atoms with Crippen molar-refractivity contribution in [1.82, 2.24) is 0 Å². The van der Waals surface area contributed by atoms with E-state index in [2.05, 4.69) is 41.5 Å². The summed E-state index contributed by atoms with van der Waals surface area (Å²) >= 11 is 0. The van der Waals surface area contributed by atoms with Crippen molar-refractivity contribution in [3.63, 3.8) is 0 Å². The molecule has 2 unspecified atom stereocenters. The summed E-state index contributed by atoms with van der Waals surface area (Å²) in [7, 11) is -9.92. The lowest BCUT2D eigenvalue weighted by Crippen LogP contribution is -2.30. The van der Waals surface area contributed by atoms with Crippen molar-refractivity contribution < 1.29 is 80.2 Å². The molecule has 0 amide bonds. The second-order valence-corrected chi connectivity index (χ2v) is 34.1. The number of ether oxygens (including phenoxy) is 4. The Bertz CT molecular complexity index is 1980. The normalized spacial score (nSPS) is 13.9. The zero-order valence-electron chi connectivity index (χ0n) is 67.6. The highest BCUT2D eigenvalue weighted by atomic mass is 31.2. The summed E-state index contributed by atoms with van der Waals surface area (Å²) in [5.74, 6) is -0.518. The molecule has 0 bridgehead atoms. The minimum Gasteiger partial charge on any atom is -0.462 e. The van der Waals surface area contributed by atoms with E-state index < -0.39 is 97.5 Å². The zero-order valence-corrected chi connectivity index (χ0v) is 69.4. The molecule has 0 aliphatic carbocycles. The fourth-order valence-electron chi connectivity index (χ4n) is 13.1. The standard InChI is InChI=1S/C84H164O17P2/c1-7-9-11-13-15-17-18-19-20-21-22-23-24-25-30-33-39-44-50-56-62-68-83(88)101-80(73-95-82(87)67-61-55-49-43-38-32-29-27-26-28-31-36-41-46-52-58-64-76(3)4)75-99-103(92,93)97-71-78(85)70-96-102(90,91)98-74-79(72-94-81(86)66-60-54-48-16-14-12-10-8-2)100-84(89)69-63-57-51-45-40-35-34-37-42-47-53-59-65-77(5)6/h76-80,85H,7-75H2,1-6H3,(H,90,91)(H,92,93)/t78-,79+,80+/m0/s1. The maximum atomic E-state index is 13.1. The first-order valence-electron chi connectivity index (χ1n) is 43.5. The van der Waals surface area contributed by atoms with E-state index in [-0.39, 0.29) is 25.7 Å².